The Morgan fingerprint density at radius 2 is 2.08 bits per heavy atom. The first-order valence-corrected chi connectivity index (χ1v) is 7.87. The Kier molecular flexibility index (Phi) is 4.75. The summed E-state index contributed by atoms with van der Waals surface area (Å²) < 4.78 is 18.0. The van der Waals surface area contributed by atoms with E-state index in [4.69, 9.17) is 9.47 Å². The highest BCUT2D eigenvalue weighted by Gasteiger charge is 2.16. The van der Waals surface area contributed by atoms with Crippen LogP contribution in [0.2, 0.25) is 0 Å². The Balaban J connectivity index is 1.62. The quantitative estimate of drug-likeness (QED) is 0.672. The third kappa shape index (κ3) is 3.66. The molecule has 0 radical (unpaired) electrons. The van der Waals surface area contributed by atoms with Gasteiger partial charge in [0.15, 0.2) is 6.61 Å². The number of hydrogen-bond donors (Lipinski definition) is 2. The average Bonchev–Trinajstić information content (AvgIpc) is 3.09. The van der Waals surface area contributed by atoms with E-state index in [1.807, 2.05) is 0 Å². The second-order valence-electron chi connectivity index (χ2n) is 4.94. The summed E-state index contributed by atoms with van der Waals surface area (Å²) in [5.41, 5.74) is 1.67. The van der Waals surface area contributed by atoms with Crippen molar-refractivity contribution in [3.05, 3.63) is 42.0 Å². The van der Waals surface area contributed by atoms with Gasteiger partial charge in [-0.3, -0.25) is 4.79 Å². The number of methoxy groups -OCH3 is 1. The predicted octanol–water partition coefficient (Wildman–Crippen LogP) is 2.20. The van der Waals surface area contributed by atoms with Crippen LogP contribution in [0.5, 0.6) is 11.5 Å². The first-order chi connectivity index (χ1) is 12.1. The van der Waals surface area contributed by atoms with E-state index in [-0.39, 0.29) is 11.3 Å². The number of rotatable bonds is 5. The number of fused-ring (bicyclic) bond motifs is 1. The molecule has 0 unspecified atom stereocenters. The maximum absolute atomic E-state index is 12.0. The second-order valence-corrected chi connectivity index (χ2v) is 5.47. The number of aromatic hydroxyl groups is 1. The van der Waals surface area contributed by atoms with Gasteiger partial charge >= 0.3 is 5.97 Å². The lowest BCUT2D eigenvalue weighted by molar-refractivity contribution is -0.119. The summed E-state index contributed by atoms with van der Waals surface area (Å²) in [7, 11) is 1.44. The number of benzene rings is 2. The highest BCUT2D eigenvalue weighted by Crippen LogP contribution is 2.24. The first-order valence-electron chi connectivity index (χ1n) is 7.13. The molecular weight excluding hydrogens is 346 g/mol. The zero-order valence-corrected chi connectivity index (χ0v) is 13.9. The number of carbonyl (C=O) groups is 2. The Labute approximate surface area is 146 Å². The third-order valence-corrected chi connectivity index (χ3v) is 3.86. The standard InChI is InChI=1S/C16H13N3O5S/c1-23-9-5-6-10(13(20)7-9)16(22)24-8-14(21)17-11-3-2-4-12-15(11)19-25-18-12/h2-7,20H,8H2,1H3,(H,17,21). The third-order valence-electron chi connectivity index (χ3n) is 3.32. The highest BCUT2D eigenvalue weighted by atomic mass is 32.1. The number of phenols is 1. The minimum atomic E-state index is -0.816. The molecule has 0 spiro atoms. The molecule has 2 aromatic carbocycles. The van der Waals surface area contributed by atoms with Crippen LogP contribution in [-0.4, -0.2) is 39.4 Å². The van der Waals surface area contributed by atoms with E-state index in [0.717, 1.165) is 11.7 Å². The van der Waals surface area contributed by atoms with Gasteiger partial charge in [0.1, 0.15) is 28.1 Å². The van der Waals surface area contributed by atoms with Crippen LogP contribution in [0.4, 0.5) is 5.69 Å². The van der Waals surface area contributed by atoms with Crippen LogP contribution in [0, 0.1) is 0 Å². The van der Waals surface area contributed by atoms with Crippen molar-refractivity contribution in [3.8, 4) is 11.5 Å². The molecule has 0 aliphatic heterocycles. The number of amides is 1. The van der Waals surface area contributed by atoms with Crippen LogP contribution in [0.3, 0.4) is 0 Å². The molecule has 0 aliphatic rings. The summed E-state index contributed by atoms with van der Waals surface area (Å²) in [4.78, 5) is 24.0. The van der Waals surface area contributed by atoms with Gasteiger partial charge < -0.3 is 19.9 Å². The summed E-state index contributed by atoms with van der Waals surface area (Å²) in [6.45, 7) is -0.502. The Bertz CT molecular complexity index is 940. The fraction of sp³-hybridized carbons (Fsp3) is 0.125. The lowest BCUT2D eigenvalue weighted by atomic mass is 10.2. The number of ether oxygens (including phenoxy) is 2. The molecule has 0 bridgehead atoms. The van der Waals surface area contributed by atoms with Gasteiger partial charge in [-0.25, -0.2) is 4.79 Å². The number of nitrogens with one attached hydrogen (secondary N) is 1. The lowest BCUT2D eigenvalue weighted by Crippen LogP contribution is -2.21. The number of anilines is 1. The minimum absolute atomic E-state index is 0.0561. The molecule has 9 heteroatoms. The Hall–Kier alpha value is -3.20. The van der Waals surface area contributed by atoms with Gasteiger partial charge in [-0.2, -0.15) is 8.75 Å². The number of phenolic OH excluding ortho intramolecular Hbond substituents is 1. The van der Waals surface area contributed by atoms with E-state index in [1.165, 1.54) is 25.3 Å². The van der Waals surface area contributed by atoms with Crippen molar-refractivity contribution < 1.29 is 24.2 Å². The summed E-state index contributed by atoms with van der Waals surface area (Å²) in [6, 6.07) is 9.34. The van der Waals surface area contributed by atoms with Gasteiger partial charge in [0.2, 0.25) is 0 Å². The summed E-state index contributed by atoms with van der Waals surface area (Å²) in [6.07, 6.45) is 0. The molecular formula is C16H13N3O5S. The van der Waals surface area contributed by atoms with Gasteiger partial charge in [-0.1, -0.05) is 6.07 Å². The van der Waals surface area contributed by atoms with Crippen molar-refractivity contribution in [3.63, 3.8) is 0 Å². The predicted molar refractivity (Wildman–Crippen MR) is 91.0 cm³/mol. The smallest absolute Gasteiger partial charge is 0.342 e. The molecule has 1 aromatic heterocycles. The van der Waals surface area contributed by atoms with Crippen molar-refractivity contribution in [2.75, 3.05) is 19.0 Å². The van der Waals surface area contributed by atoms with Crippen LogP contribution in [0.15, 0.2) is 36.4 Å². The van der Waals surface area contributed by atoms with E-state index in [2.05, 4.69) is 14.1 Å². The van der Waals surface area contributed by atoms with Crippen LogP contribution in [0.25, 0.3) is 11.0 Å². The molecule has 0 saturated carbocycles. The molecule has 1 amide bonds. The van der Waals surface area contributed by atoms with Gasteiger partial charge in [0.25, 0.3) is 5.91 Å². The number of hydrogen-bond acceptors (Lipinski definition) is 8. The van der Waals surface area contributed by atoms with Crippen LogP contribution >= 0.6 is 11.7 Å². The molecule has 0 fully saturated rings. The zero-order chi connectivity index (χ0) is 17.8. The molecule has 25 heavy (non-hydrogen) atoms. The number of nitrogens with zero attached hydrogens (tertiary/aromatic N) is 2. The zero-order valence-electron chi connectivity index (χ0n) is 13.1. The van der Waals surface area contributed by atoms with Crippen LogP contribution < -0.4 is 10.1 Å². The lowest BCUT2D eigenvalue weighted by Gasteiger charge is -2.08. The summed E-state index contributed by atoms with van der Waals surface area (Å²) >= 11 is 1.04. The first kappa shape index (κ1) is 16.7. The van der Waals surface area contributed by atoms with E-state index in [0.29, 0.717) is 22.5 Å². The van der Waals surface area contributed by atoms with Crippen molar-refractivity contribution in [1.82, 2.24) is 8.75 Å². The molecule has 0 atom stereocenters. The molecule has 8 nitrogen and oxygen atoms in total. The fourth-order valence-corrected chi connectivity index (χ4v) is 2.66. The average molecular weight is 359 g/mol. The van der Waals surface area contributed by atoms with E-state index < -0.39 is 18.5 Å². The Morgan fingerprint density at radius 3 is 2.84 bits per heavy atom. The van der Waals surface area contributed by atoms with E-state index in [1.54, 1.807) is 18.2 Å². The molecule has 3 aromatic rings. The molecule has 2 N–H and O–H groups in total. The maximum atomic E-state index is 12.0. The molecule has 128 valence electrons. The topological polar surface area (TPSA) is 111 Å². The van der Waals surface area contributed by atoms with Crippen molar-refractivity contribution in [2.24, 2.45) is 0 Å². The SMILES string of the molecule is COc1ccc(C(=O)OCC(=O)Nc2cccc3nsnc23)c(O)c1. The van der Waals surface area contributed by atoms with Crippen molar-refractivity contribution in [1.29, 1.82) is 0 Å². The molecule has 3 rings (SSSR count). The van der Waals surface area contributed by atoms with Gasteiger partial charge in [0.05, 0.1) is 24.5 Å². The molecule has 1 heterocycles. The number of esters is 1. The molecule has 0 aliphatic carbocycles. The fourth-order valence-electron chi connectivity index (χ4n) is 2.11. The summed E-state index contributed by atoms with van der Waals surface area (Å²) in [5.74, 6) is -1.23. The van der Waals surface area contributed by atoms with Crippen LogP contribution in [0.1, 0.15) is 10.4 Å². The number of aromatic nitrogens is 2. The largest absolute Gasteiger partial charge is 0.507 e. The van der Waals surface area contributed by atoms with Crippen molar-refractivity contribution >= 4 is 40.3 Å². The second kappa shape index (κ2) is 7.14. The highest BCUT2D eigenvalue weighted by molar-refractivity contribution is 7.00. The summed E-state index contributed by atoms with van der Waals surface area (Å²) in [5, 5.41) is 12.4. The van der Waals surface area contributed by atoms with Gasteiger partial charge in [-0.05, 0) is 24.3 Å². The monoisotopic (exact) mass is 359 g/mol. The maximum Gasteiger partial charge on any atom is 0.342 e. The van der Waals surface area contributed by atoms with E-state index >= 15 is 0 Å². The molecule has 0 saturated heterocycles. The van der Waals surface area contributed by atoms with Crippen molar-refractivity contribution in [2.45, 2.75) is 0 Å². The van der Waals surface area contributed by atoms with Gasteiger partial charge in [-0.15, -0.1) is 0 Å². The Morgan fingerprint density at radius 1 is 1.24 bits per heavy atom. The van der Waals surface area contributed by atoms with Crippen LogP contribution in [-0.2, 0) is 9.53 Å². The number of carbonyl (C=O) groups excluding carboxylic acids is 2. The normalized spacial score (nSPS) is 10.4. The van der Waals surface area contributed by atoms with E-state index in [9.17, 15) is 14.7 Å². The van der Waals surface area contributed by atoms with Gasteiger partial charge in [0, 0.05) is 6.07 Å². The minimum Gasteiger partial charge on any atom is -0.507 e.